The summed E-state index contributed by atoms with van der Waals surface area (Å²) in [5, 5.41) is 11.9. The van der Waals surface area contributed by atoms with Crippen molar-refractivity contribution in [1.29, 1.82) is 5.26 Å². The zero-order valence-electron chi connectivity index (χ0n) is 13.0. The Bertz CT molecular complexity index is 858. The van der Waals surface area contributed by atoms with Gasteiger partial charge in [-0.3, -0.25) is 9.59 Å². The number of nitrogens with zero attached hydrogens (tertiary/aromatic N) is 1. The van der Waals surface area contributed by atoms with E-state index >= 15 is 0 Å². The van der Waals surface area contributed by atoms with Crippen LogP contribution in [0.2, 0.25) is 0 Å². The Hall–Kier alpha value is -3.11. The second-order valence-electron chi connectivity index (χ2n) is 4.93. The average molecular weight is 400 g/mol. The largest absolute Gasteiger partial charge is 0.483 e. The van der Waals surface area contributed by atoms with Crippen LogP contribution in [0.3, 0.4) is 0 Å². The first-order chi connectivity index (χ1) is 12.0. The number of carbonyl (C=O) groups excluding carboxylic acids is 2. The van der Waals surface area contributed by atoms with Gasteiger partial charge in [0.05, 0.1) is 4.47 Å². The Morgan fingerprint density at radius 1 is 1.24 bits per heavy atom. The highest BCUT2D eigenvalue weighted by molar-refractivity contribution is 9.10. The summed E-state index contributed by atoms with van der Waals surface area (Å²) in [6, 6.07) is 15.7. The third-order valence-corrected chi connectivity index (χ3v) is 3.65. The number of nitriles is 1. The third kappa shape index (κ3) is 5.48. The van der Waals surface area contributed by atoms with Crippen LogP contribution < -0.4 is 15.8 Å². The maximum atomic E-state index is 12.2. The summed E-state index contributed by atoms with van der Waals surface area (Å²) in [6.07, 6.45) is 1.46. The molecule has 0 saturated heterocycles. The molecule has 0 radical (unpaired) electrons. The second-order valence-corrected chi connectivity index (χ2v) is 5.79. The van der Waals surface area contributed by atoms with Gasteiger partial charge >= 0.3 is 0 Å². The standard InChI is InChI=1S/C18H14BrN3O3/c19-15-9-12(6-7-16(15)25-11-17(21)23)8-13(10-20)18(24)22-14-4-2-1-3-5-14/h1-9H,11H2,(H2,21,23)(H,22,24)/b13-8+. The summed E-state index contributed by atoms with van der Waals surface area (Å²) in [4.78, 5) is 22.9. The molecule has 0 saturated carbocycles. The summed E-state index contributed by atoms with van der Waals surface area (Å²) in [5.41, 5.74) is 6.22. The molecule has 3 N–H and O–H groups in total. The predicted octanol–water partition coefficient (Wildman–Crippen LogP) is 2.86. The maximum Gasteiger partial charge on any atom is 0.266 e. The molecule has 25 heavy (non-hydrogen) atoms. The molecule has 126 valence electrons. The minimum absolute atomic E-state index is 0.0402. The first kappa shape index (κ1) is 18.2. The van der Waals surface area contributed by atoms with Gasteiger partial charge in [-0.2, -0.15) is 5.26 Å². The molecule has 0 fully saturated rings. The zero-order valence-corrected chi connectivity index (χ0v) is 14.6. The van der Waals surface area contributed by atoms with Crippen molar-refractivity contribution < 1.29 is 14.3 Å². The van der Waals surface area contributed by atoms with E-state index in [2.05, 4.69) is 21.2 Å². The van der Waals surface area contributed by atoms with Crippen molar-refractivity contribution in [3.63, 3.8) is 0 Å². The van der Waals surface area contributed by atoms with Crippen LogP contribution in [0.4, 0.5) is 5.69 Å². The molecule has 2 amide bonds. The van der Waals surface area contributed by atoms with Crippen LogP contribution in [0.25, 0.3) is 6.08 Å². The molecular formula is C18H14BrN3O3. The summed E-state index contributed by atoms with van der Waals surface area (Å²) in [5.74, 6) is -0.651. The van der Waals surface area contributed by atoms with Crippen molar-refractivity contribution in [2.24, 2.45) is 5.73 Å². The number of nitrogens with one attached hydrogen (secondary N) is 1. The van der Waals surface area contributed by atoms with E-state index in [9.17, 15) is 14.9 Å². The number of halogens is 1. The number of hydrogen-bond acceptors (Lipinski definition) is 4. The van der Waals surface area contributed by atoms with Gasteiger partial charge < -0.3 is 15.8 Å². The van der Waals surface area contributed by atoms with Crippen molar-refractivity contribution >= 4 is 39.5 Å². The molecule has 0 heterocycles. The van der Waals surface area contributed by atoms with E-state index in [1.54, 1.807) is 42.5 Å². The summed E-state index contributed by atoms with van der Waals surface area (Å²) < 4.78 is 5.80. The van der Waals surface area contributed by atoms with Gasteiger partial charge in [0.2, 0.25) is 0 Å². The molecule has 7 heteroatoms. The second kappa shape index (κ2) is 8.66. The van der Waals surface area contributed by atoms with Gasteiger partial charge in [-0.25, -0.2) is 0 Å². The Kier molecular flexibility index (Phi) is 6.32. The van der Waals surface area contributed by atoms with Crippen molar-refractivity contribution in [2.45, 2.75) is 0 Å². The Balaban J connectivity index is 2.16. The average Bonchev–Trinajstić information content (AvgIpc) is 2.59. The van der Waals surface area contributed by atoms with Gasteiger partial charge in [0.1, 0.15) is 17.4 Å². The van der Waals surface area contributed by atoms with E-state index in [0.717, 1.165) is 0 Å². The molecule has 0 spiro atoms. The number of rotatable bonds is 6. The van der Waals surface area contributed by atoms with Gasteiger partial charge in [-0.05, 0) is 51.8 Å². The van der Waals surface area contributed by atoms with Crippen LogP contribution >= 0.6 is 15.9 Å². The van der Waals surface area contributed by atoms with E-state index in [4.69, 9.17) is 10.5 Å². The molecule has 2 rings (SSSR count). The number of anilines is 1. The fourth-order valence-corrected chi connectivity index (χ4v) is 2.42. The minimum atomic E-state index is -0.583. The molecule has 0 bridgehead atoms. The van der Waals surface area contributed by atoms with Crippen molar-refractivity contribution in [1.82, 2.24) is 0 Å². The number of carbonyl (C=O) groups is 2. The molecule has 6 nitrogen and oxygen atoms in total. The SMILES string of the molecule is N#C/C(=C\c1ccc(OCC(N)=O)c(Br)c1)C(=O)Nc1ccccc1. The lowest BCUT2D eigenvalue weighted by Crippen LogP contribution is -2.20. The fraction of sp³-hybridized carbons (Fsp3) is 0.0556. The van der Waals surface area contributed by atoms with Crippen LogP contribution in [-0.4, -0.2) is 18.4 Å². The van der Waals surface area contributed by atoms with Gasteiger partial charge in [-0.15, -0.1) is 0 Å². The molecule has 0 unspecified atom stereocenters. The van der Waals surface area contributed by atoms with Gasteiger partial charge in [0.25, 0.3) is 11.8 Å². The van der Waals surface area contributed by atoms with E-state index in [1.165, 1.54) is 6.08 Å². The van der Waals surface area contributed by atoms with E-state index < -0.39 is 11.8 Å². The number of para-hydroxylation sites is 1. The fourth-order valence-electron chi connectivity index (χ4n) is 1.91. The normalized spacial score (nSPS) is 10.6. The monoisotopic (exact) mass is 399 g/mol. The van der Waals surface area contributed by atoms with Crippen LogP contribution in [0, 0.1) is 11.3 Å². The Morgan fingerprint density at radius 2 is 1.96 bits per heavy atom. The molecule has 0 atom stereocenters. The van der Waals surface area contributed by atoms with E-state index in [-0.39, 0.29) is 12.2 Å². The van der Waals surface area contributed by atoms with Crippen molar-refractivity contribution in [3.05, 3.63) is 64.1 Å². The highest BCUT2D eigenvalue weighted by Crippen LogP contribution is 2.27. The summed E-state index contributed by atoms with van der Waals surface area (Å²) in [6.45, 7) is -0.239. The molecular weight excluding hydrogens is 386 g/mol. The van der Waals surface area contributed by atoms with Crippen LogP contribution in [0.5, 0.6) is 5.75 Å². The third-order valence-electron chi connectivity index (χ3n) is 3.03. The predicted molar refractivity (Wildman–Crippen MR) is 97.5 cm³/mol. The Labute approximate surface area is 153 Å². The van der Waals surface area contributed by atoms with Crippen LogP contribution in [0.15, 0.2) is 58.6 Å². The summed E-state index contributed by atoms with van der Waals surface area (Å²) >= 11 is 3.31. The van der Waals surface area contributed by atoms with E-state index in [0.29, 0.717) is 21.5 Å². The number of ether oxygens (including phenoxy) is 1. The van der Waals surface area contributed by atoms with Gasteiger partial charge in [0.15, 0.2) is 6.61 Å². The highest BCUT2D eigenvalue weighted by Gasteiger charge is 2.10. The Morgan fingerprint density at radius 3 is 2.56 bits per heavy atom. The first-order valence-electron chi connectivity index (χ1n) is 7.18. The lowest BCUT2D eigenvalue weighted by Gasteiger charge is -2.07. The molecule has 2 aromatic rings. The zero-order chi connectivity index (χ0) is 18.2. The molecule has 0 aromatic heterocycles. The smallest absolute Gasteiger partial charge is 0.266 e. The van der Waals surface area contributed by atoms with Crippen molar-refractivity contribution in [3.8, 4) is 11.8 Å². The minimum Gasteiger partial charge on any atom is -0.483 e. The number of hydrogen-bond donors (Lipinski definition) is 2. The maximum absolute atomic E-state index is 12.2. The van der Waals surface area contributed by atoms with Crippen LogP contribution in [0.1, 0.15) is 5.56 Å². The number of nitrogens with two attached hydrogens (primary N) is 1. The molecule has 0 aliphatic carbocycles. The summed E-state index contributed by atoms with van der Waals surface area (Å²) in [7, 11) is 0. The molecule has 0 aliphatic rings. The highest BCUT2D eigenvalue weighted by atomic mass is 79.9. The number of benzene rings is 2. The van der Waals surface area contributed by atoms with Crippen molar-refractivity contribution in [2.75, 3.05) is 11.9 Å². The quantitative estimate of drug-likeness (QED) is 0.575. The first-order valence-corrected chi connectivity index (χ1v) is 7.97. The van der Waals surface area contributed by atoms with E-state index in [1.807, 2.05) is 12.1 Å². The van der Waals surface area contributed by atoms with Gasteiger partial charge in [-0.1, -0.05) is 24.3 Å². The number of amides is 2. The molecule has 2 aromatic carbocycles. The lowest BCUT2D eigenvalue weighted by molar-refractivity contribution is -0.120. The number of primary amides is 1. The van der Waals surface area contributed by atoms with Gasteiger partial charge in [0, 0.05) is 5.69 Å². The lowest BCUT2D eigenvalue weighted by atomic mass is 10.1. The topological polar surface area (TPSA) is 105 Å². The molecule has 0 aliphatic heterocycles. The van der Waals surface area contributed by atoms with Crippen LogP contribution in [-0.2, 0) is 9.59 Å².